The molecular weight excluding hydrogens is 358 g/mol. The molecule has 2 aromatic carbocycles. The number of amides is 1. The molecular formula is C20H21N5O3. The Bertz CT molecular complexity index is 994. The summed E-state index contributed by atoms with van der Waals surface area (Å²) in [6, 6.07) is 14.1. The number of nitrogens with one attached hydrogen (secondary N) is 1. The minimum absolute atomic E-state index is 0.216. The molecule has 1 fully saturated rings. The Kier molecular flexibility index (Phi) is 5.41. The molecule has 0 unspecified atom stereocenters. The van der Waals surface area contributed by atoms with Crippen LogP contribution in [0.4, 0.5) is 11.6 Å². The van der Waals surface area contributed by atoms with Crippen LogP contribution in [0.2, 0.25) is 0 Å². The van der Waals surface area contributed by atoms with E-state index >= 15 is 0 Å². The van der Waals surface area contributed by atoms with E-state index in [1.165, 1.54) is 6.07 Å². The normalized spacial score (nSPS) is 14.9. The Morgan fingerprint density at radius 2 is 1.93 bits per heavy atom. The topological polar surface area (TPSA) is 88.8 Å². The average Bonchev–Trinajstić information content (AvgIpc) is 3.10. The predicted octanol–water partition coefficient (Wildman–Crippen LogP) is 3.02. The van der Waals surface area contributed by atoms with E-state index in [0.717, 1.165) is 43.9 Å². The molecule has 0 spiro atoms. The van der Waals surface area contributed by atoms with Gasteiger partial charge in [0.2, 0.25) is 5.95 Å². The van der Waals surface area contributed by atoms with Gasteiger partial charge in [-0.2, -0.15) is 0 Å². The first kappa shape index (κ1) is 18.3. The zero-order valence-electron chi connectivity index (χ0n) is 15.4. The maximum absolute atomic E-state index is 12.7. The summed E-state index contributed by atoms with van der Waals surface area (Å²) < 4.78 is 7.42. The monoisotopic (exact) mass is 379 g/mol. The van der Waals surface area contributed by atoms with Gasteiger partial charge >= 0.3 is 0 Å². The van der Waals surface area contributed by atoms with Crippen molar-refractivity contribution in [2.24, 2.45) is 5.18 Å². The molecule has 0 atom stereocenters. The van der Waals surface area contributed by atoms with Crippen LogP contribution in [0.25, 0.3) is 11.0 Å². The van der Waals surface area contributed by atoms with Crippen molar-refractivity contribution in [3.63, 3.8) is 0 Å². The van der Waals surface area contributed by atoms with Crippen molar-refractivity contribution in [1.82, 2.24) is 14.5 Å². The number of hydrogen-bond acceptors (Lipinski definition) is 6. The van der Waals surface area contributed by atoms with Gasteiger partial charge < -0.3 is 9.30 Å². The van der Waals surface area contributed by atoms with Crippen molar-refractivity contribution in [1.29, 1.82) is 0 Å². The molecule has 3 aromatic rings. The molecule has 1 aromatic heterocycles. The van der Waals surface area contributed by atoms with E-state index in [-0.39, 0.29) is 11.6 Å². The Labute approximate surface area is 162 Å². The number of ether oxygens (including phenoxy) is 1. The lowest BCUT2D eigenvalue weighted by molar-refractivity contribution is 0.0366. The number of para-hydroxylation sites is 2. The maximum Gasteiger partial charge on any atom is 0.258 e. The number of anilines is 1. The maximum atomic E-state index is 12.7. The van der Waals surface area contributed by atoms with Crippen LogP contribution in [0.1, 0.15) is 10.4 Å². The zero-order chi connectivity index (χ0) is 19.3. The largest absolute Gasteiger partial charge is 0.379 e. The summed E-state index contributed by atoms with van der Waals surface area (Å²) in [7, 11) is 0. The van der Waals surface area contributed by atoms with Gasteiger partial charge in [-0.1, -0.05) is 18.2 Å². The second-order valence-electron chi connectivity index (χ2n) is 6.63. The summed E-state index contributed by atoms with van der Waals surface area (Å²) in [5.41, 5.74) is 2.37. The highest BCUT2D eigenvalue weighted by molar-refractivity contribution is 6.04. The first-order valence-electron chi connectivity index (χ1n) is 9.25. The number of nitroso groups, excluding NO2 is 1. The Hall–Kier alpha value is -3.10. The fourth-order valence-corrected chi connectivity index (χ4v) is 3.34. The molecule has 28 heavy (non-hydrogen) atoms. The number of carbonyl (C=O) groups excluding carboxylic acids is 1. The van der Waals surface area contributed by atoms with Gasteiger partial charge in [0.25, 0.3) is 5.91 Å². The molecule has 0 aliphatic carbocycles. The molecule has 0 radical (unpaired) electrons. The standard InChI is InChI=1S/C20H21N5O3/c26-19(15-4-3-5-16(14-15)23-27)22-20-21-17-6-1-2-7-18(17)25(20)9-8-24-10-12-28-13-11-24/h1-7,14H,8-13H2,(H,21,22,26). The van der Waals surface area contributed by atoms with Crippen molar-refractivity contribution in [2.75, 3.05) is 38.2 Å². The fourth-order valence-electron chi connectivity index (χ4n) is 3.34. The summed E-state index contributed by atoms with van der Waals surface area (Å²) in [4.78, 5) is 30.3. The first-order valence-corrected chi connectivity index (χ1v) is 9.25. The van der Waals surface area contributed by atoms with Gasteiger partial charge in [0, 0.05) is 31.7 Å². The van der Waals surface area contributed by atoms with Crippen LogP contribution < -0.4 is 5.32 Å². The third-order valence-corrected chi connectivity index (χ3v) is 4.84. The second-order valence-corrected chi connectivity index (χ2v) is 6.63. The molecule has 8 nitrogen and oxygen atoms in total. The quantitative estimate of drug-likeness (QED) is 0.665. The lowest BCUT2D eigenvalue weighted by atomic mass is 10.2. The van der Waals surface area contributed by atoms with E-state index in [1.54, 1.807) is 18.2 Å². The van der Waals surface area contributed by atoms with Crippen molar-refractivity contribution >= 4 is 28.6 Å². The van der Waals surface area contributed by atoms with Crippen LogP contribution in [-0.4, -0.2) is 53.2 Å². The van der Waals surface area contributed by atoms with Crippen LogP contribution in [0.3, 0.4) is 0 Å². The summed E-state index contributed by atoms with van der Waals surface area (Å²) in [6.07, 6.45) is 0. The van der Waals surface area contributed by atoms with Gasteiger partial charge in [-0.3, -0.25) is 15.0 Å². The zero-order valence-corrected chi connectivity index (χ0v) is 15.4. The van der Waals surface area contributed by atoms with Crippen molar-refractivity contribution in [3.05, 3.63) is 59.0 Å². The van der Waals surface area contributed by atoms with Crippen LogP contribution in [-0.2, 0) is 11.3 Å². The molecule has 1 amide bonds. The molecule has 144 valence electrons. The van der Waals surface area contributed by atoms with Gasteiger partial charge in [0.05, 0.1) is 24.2 Å². The highest BCUT2D eigenvalue weighted by Gasteiger charge is 2.16. The van der Waals surface area contributed by atoms with Crippen LogP contribution >= 0.6 is 0 Å². The van der Waals surface area contributed by atoms with Crippen LogP contribution in [0.5, 0.6) is 0 Å². The number of hydrogen-bond donors (Lipinski definition) is 1. The molecule has 8 heteroatoms. The van der Waals surface area contributed by atoms with Crippen molar-refractivity contribution in [3.8, 4) is 0 Å². The Balaban J connectivity index is 1.58. The fraction of sp³-hybridized carbons (Fsp3) is 0.300. The molecule has 0 bridgehead atoms. The van der Waals surface area contributed by atoms with E-state index in [4.69, 9.17) is 4.74 Å². The first-order chi connectivity index (χ1) is 13.7. The highest BCUT2D eigenvalue weighted by atomic mass is 16.5. The van der Waals surface area contributed by atoms with Gasteiger partial charge in [-0.05, 0) is 35.5 Å². The predicted molar refractivity (Wildman–Crippen MR) is 107 cm³/mol. The van der Waals surface area contributed by atoms with Crippen molar-refractivity contribution < 1.29 is 9.53 Å². The SMILES string of the molecule is O=Nc1cccc(C(=O)Nc2nc3ccccc3n2CCN2CCOCC2)c1. The molecule has 1 saturated heterocycles. The van der Waals surface area contributed by atoms with E-state index in [9.17, 15) is 9.70 Å². The Morgan fingerprint density at radius 1 is 1.11 bits per heavy atom. The van der Waals surface area contributed by atoms with Gasteiger partial charge in [0.1, 0.15) is 5.69 Å². The number of benzene rings is 2. The van der Waals surface area contributed by atoms with Crippen LogP contribution in [0, 0.1) is 4.91 Å². The number of aromatic nitrogens is 2. The third-order valence-electron chi connectivity index (χ3n) is 4.84. The van der Waals surface area contributed by atoms with E-state index < -0.39 is 0 Å². The third kappa shape index (κ3) is 3.92. The van der Waals surface area contributed by atoms with E-state index in [2.05, 4.69) is 20.4 Å². The summed E-state index contributed by atoms with van der Waals surface area (Å²) in [6.45, 7) is 4.84. The number of imidazole rings is 1. The van der Waals surface area contributed by atoms with Gasteiger partial charge in [0.15, 0.2) is 0 Å². The molecule has 0 saturated carbocycles. The molecule has 1 aliphatic rings. The molecule has 2 heterocycles. The lowest BCUT2D eigenvalue weighted by Crippen LogP contribution is -2.38. The molecule has 1 aliphatic heterocycles. The molecule has 4 rings (SSSR count). The minimum Gasteiger partial charge on any atom is -0.379 e. The lowest BCUT2D eigenvalue weighted by Gasteiger charge is -2.26. The van der Waals surface area contributed by atoms with E-state index in [1.807, 2.05) is 28.8 Å². The number of fused-ring (bicyclic) bond motifs is 1. The minimum atomic E-state index is -0.326. The van der Waals surface area contributed by atoms with E-state index in [0.29, 0.717) is 18.1 Å². The Morgan fingerprint density at radius 3 is 2.75 bits per heavy atom. The summed E-state index contributed by atoms with van der Waals surface area (Å²) in [5, 5.41) is 5.77. The smallest absolute Gasteiger partial charge is 0.258 e. The highest BCUT2D eigenvalue weighted by Crippen LogP contribution is 2.21. The summed E-state index contributed by atoms with van der Waals surface area (Å²) >= 11 is 0. The number of morpholine rings is 1. The number of rotatable bonds is 6. The average molecular weight is 379 g/mol. The molecule has 1 N–H and O–H groups in total. The van der Waals surface area contributed by atoms with Gasteiger partial charge in [-0.25, -0.2) is 4.98 Å². The van der Waals surface area contributed by atoms with Crippen molar-refractivity contribution in [2.45, 2.75) is 6.54 Å². The summed E-state index contributed by atoms with van der Waals surface area (Å²) in [5.74, 6) is 0.164. The number of nitrogens with zero attached hydrogens (tertiary/aromatic N) is 4. The van der Waals surface area contributed by atoms with Gasteiger partial charge in [-0.15, -0.1) is 4.91 Å². The number of carbonyl (C=O) groups is 1. The van der Waals surface area contributed by atoms with Crippen LogP contribution in [0.15, 0.2) is 53.7 Å². The second kappa shape index (κ2) is 8.28.